The molecule has 2 aromatic carbocycles. The van der Waals surface area contributed by atoms with Crippen LogP contribution in [-0.4, -0.2) is 40.8 Å². The number of benzene rings is 2. The molecule has 0 saturated carbocycles. The smallest absolute Gasteiger partial charge is 0.257 e. The molecule has 0 N–H and O–H groups in total. The first kappa shape index (κ1) is 16.4. The number of rotatable bonds is 4. The molecule has 4 rings (SSSR count). The lowest BCUT2D eigenvalue weighted by Crippen LogP contribution is -2.27. The van der Waals surface area contributed by atoms with Gasteiger partial charge >= 0.3 is 0 Å². The van der Waals surface area contributed by atoms with Crippen molar-refractivity contribution in [2.75, 3.05) is 20.2 Å². The summed E-state index contributed by atoms with van der Waals surface area (Å²) in [7, 11) is 1.63. The van der Waals surface area contributed by atoms with Gasteiger partial charge in [-0.2, -0.15) is 5.10 Å². The van der Waals surface area contributed by atoms with Gasteiger partial charge in [0.05, 0.1) is 18.4 Å². The maximum atomic E-state index is 13.1. The predicted octanol–water partition coefficient (Wildman–Crippen LogP) is 3.78. The Morgan fingerprint density at radius 2 is 1.69 bits per heavy atom. The summed E-state index contributed by atoms with van der Waals surface area (Å²) in [4.78, 5) is 15.0. The fourth-order valence-corrected chi connectivity index (χ4v) is 3.37. The van der Waals surface area contributed by atoms with Gasteiger partial charge in [-0.1, -0.05) is 30.3 Å². The van der Waals surface area contributed by atoms with E-state index in [0.717, 1.165) is 37.2 Å². The standard InChI is InChI=1S/C21H21N3O2/c1-26-19-12-6-5-11-17(19)20-18(21(25)23-13-7-8-14-23)15-24(22-20)16-9-3-2-4-10-16/h2-6,9-12,15H,7-8,13-14H2,1H3. The Morgan fingerprint density at radius 3 is 2.42 bits per heavy atom. The van der Waals surface area contributed by atoms with Crippen LogP contribution >= 0.6 is 0 Å². The molecule has 1 aromatic heterocycles. The van der Waals surface area contributed by atoms with Crippen molar-refractivity contribution in [1.29, 1.82) is 0 Å². The molecule has 0 bridgehead atoms. The molecule has 132 valence electrons. The zero-order chi connectivity index (χ0) is 17.9. The summed E-state index contributed by atoms with van der Waals surface area (Å²) in [5, 5.41) is 4.74. The minimum atomic E-state index is 0.0330. The molecule has 3 aromatic rings. The van der Waals surface area contributed by atoms with Gasteiger partial charge in [0, 0.05) is 24.8 Å². The number of likely N-dealkylation sites (tertiary alicyclic amines) is 1. The number of methoxy groups -OCH3 is 1. The second-order valence-electron chi connectivity index (χ2n) is 6.37. The average Bonchev–Trinajstić information content (AvgIpc) is 3.38. The first-order chi connectivity index (χ1) is 12.8. The van der Waals surface area contributed by atoms with Gasteiger partial charge in [-0.05, 0) is 37.1 Å². The van der Waals surface area contributed by atoms with Crippen LogP contribution in [0.1, 0.15) is 23.2 Å². The molecule has 5 nitrogen and oxygen atoms in total. The van der Waals surface area contributed by atoms with E-state index in [0.29, 0.717) is 17.0 Å². The second kappa shape index (κ2) is 7.04. The number of carbonyl (C=O) groups excluding carboxylic acids is 1. The van der Waals surface area contributed by atoms with Crippen molar-refractivity contribution in [2.45, 2.75) is 12.8 Å². The zero-order valence-electron chi connectivity index (χ0n) is 14.8. The molecule has 1 aliphatic rings. The number of amides is 1. The summed E-state index contributed by atoms with van der Waals surface area (Å²) in [5.41, 5.74) is 3.01. The molecule has 1 aliphatic heterocycles. The van der Waals surface area contributed by atoms with Gasteiger partial charge < -0.3 is 9.64 Å². The Kier molecular flexibility index (Phi) is 4.44. The van der Waals surface area contributed by atoms with Gasteiger partial charge in [-0.25, -0.2) is 4.68 Å². The van der Waals surface area contributed by atoms with Gasteiger partial charge in [0.1, 0.15) is 11.4 Å². The molecular formula is C21H21N3O2. The summed E-state index contributed by atoms with van der Waals surface area (Å²) in [6.45, 7) is 1.61. The van der Waals surface area contributed by atoms with Crippen molar-refractivity contribution in [2.24, 2.45) is 0 Å². The minimum absolute atomic E-state index is 0.0330. The van der Waals surface area contributed by atoms with E-state index >= 15 is 0 Å². The molecule has 1 amide bonds. The summed E-state index contributed by atoms with van der Waals surface area (Å²) < 4.78 is 7.27. The summed E-state index contributed by atoms with van der Waals surface area (Å²) >= 11 is 0. The van der Waals surface area contributed by atoms with Gasteiger partial charge in [0.15, 0.2) is 0 Å². The van der Waals surface area contributed by atoms with Crippen LogP contribution in [0.25, 0.3) is 16.9 Å². The summed E-state index contributed by atoms with van der Waals surface area (Å²) in [5.74, 6) is 0.742. The molecule has 0 unspecified atom stereocenters. The van der Waals surface area contributed by atoms with E-state index < -0.39 is 0 Å². The highest BCUT2D eigenvalue weighted by Crippen LogP contribution is 2.32. The van der Waals surface area contributed by atoms with Crippen molar-refractivity contribution in [3.05, 3.63) is 66.4 Å². The van der Waals surface area contributed by atoms with Gasteiger partial charge in [0.25, 0.3) is 5.91 Å². The lowest BCUT2D eigenvalue weighted by atomic mass is 10.1. The molecule has 26 heavy (non-hydrogen) atoms. The Hall–Kier alpha value is -3.08. The quantitative estimate of drug-likeness (QED) is 0.721. The Bertz CT molecular complexity index is 912. The third kappa shape index (κ3) is 2.96. The van der Waals surface area contributed by atoms with E-state index in [1.54, 1.807) is 11.8 Å². The fourth-order valence-electron chi connectivity index (χ4n) is 3.37. The number of carbonyl (C=O) groups is 1. The first-order valence-corrected chi connectivity index (χ1v) is 8.85. The average molecular weight is 347 g/mol. The second-order valence-corrected chi connectivity index (χ2v) is 6.37. The van der Waals surface area contributed by atoms with Gasteiger partial charge in [-0.15, -0.1) is 0 Å². The number of ether oxygens (including phenoxy) is 1. The van der Waals surface area contributed by atoms with Crippen molar-refractivity contribution in [1.82, 2.24) is 14.7 Å². The van der Waals surface area contributed by atoms with Gasteiger partial charge in [0.2, 0.25) is 0 Å². The third-order valence-electron chi connectivity index (χ3n) is 4.72. The molecule has 0 spiro atoms. The lowest BCUT2D eigenvalue weighted by Gasteiger charge is -2.15. The molecule has 0 atom stereocenters. The minimum Gasteiger partial charge on any atom is -0.496 e. The Morgan fingerprint density at radius 1 is 1.00 bits per heavy atom. The van der Waals surface area contributed by atoms with E-state index in [1.165, 1.54) is 0 Å². The SMILES string of the molecule is COc1ccccc1-c1nn(-c2ccccc2)cc1C(=O)N1CCCC1. The van der Waals surface area contributed by atoms with Crippen molar-refractivity contribution in [3.63, 3.8) is 0 Å². The van der Waals surface area contributed by atoms with E-state index in [9.17, 15) is 4.79 Å². The van der Waals surface area contributed by atoms with Crippen LogP contribution in [0.2, 0.25) is 0 Å². The summed E-state index contributed by atoms with van der Waals surface area (Å²) in [6.07, 6.45) is 3.95. The van der Waals surface area contributed by atoms with E-state index in [1.807, 2.05) is 65.7 Å². The molecule has 1 fully saturated rings. The van der Waals surface area contributed by atoms with Gasteiger partial charge in [-0.3, -0.25) is 4.79 Å². The van der Waals surface area contributed by atoms with Crippen LogP contribution in [0.5, 0.6) is 5.75 Å². The van der Waals surface area contributed by atoms with E-state index in [4.69, 9.17) is 9.84 Å². The number of hydrogen-bond donors (Lipinski definition) is 0. The monoisotopic (exact) mass is 347 g/mol. The van der Waals surface area contributed by atoms with E-state index in [-0.39, 0.29) is 5.91 Å². The third-order valence-corrected chi connectivity index (χ3v) is 4.72. The number of nitrogens with zero attached hydrogens (tertiary/aromatic N) is 3. The zero-order valence-corrected chi connectivity index (χ0v) is 14.8. The predicted molar refractivity (Wildman–Crippen MR) is 101 cm³/mol. The molecule has 0 radical (unpaired) electrons. The van der Waals surface area contributed by atoms with Crippen molar-refractivity contribution < 1.29 is 9.53 Å². The fraction of sp³-hybridized carbons (Fsp3) is 0.238. The van der Waals surface area contributed by atoms with Crippen LogP contribution in [0, 0.1) is 0 Å². The Labute approximate surface area is 152 Å². The Balaban J connectivity index is 1.85. The van der Waals surface area contributed by atoms with Crippen LogP contribution in [0.15, 0.2) is 60.8 Å². The highest BCUT2D eigenvalue weighted by molar-refractivity contribution is 6.00. The number of aromatic nitrogens is 2. The molecular weight excluding hydrogens is 326 g/mol. The lowest BCUT2D eigenvalue weighted by molar-refractivity contribution is 0.0793. The maximum Gasteiger partial charge on any atom is 0.257 e. The molecule has 1 saturated heterocycles. The van der Waals surface area contributed by atoms with Crippen LogP contribution in [0.4, 0.5) is 0 Å². The number of hydrogen-bond acceptors (Lipinski definition) is 3. The largest absolute Gasteiger partial charge is 0.496 e. The first-order valence-electron chi connectivity index (χ1n) is 8.85. The highest BCUT2D eigenvalue weighted by Gasteiger charge is 2.26. The molecule has 2 heterocycles. The van der Waals surface area contributed by atoms with Crippen LogP contribution in [0.3, 0.4) is 0 Å². The normalized spacial score (nSPS) is 13.8. The van der Waals surface area contributed by atoms with Crippen molar-refractivity contribution in [3.8, 4) is 22.7 Å². The molecule has 0 aliphatic carbocycles. The maximum absolute atomic E-state index is 13.1. The topological polar surface area (TPSA) is 47.4 Å². The van der Waals surface area contributed by atoms with Crippen molar-refractivity contribution >= 4 is 5.91 Å². The number of para-hydroxylation sites is 2. The van der Waals surface area contributed by atoms with E-state index in [2.05, 4.69) is 0 Å². The highest BCUT2D eigenvalue weighted by atomic mass is 16.5. The summed E-state index contributed by atoms with van der Waals surface area (Å²) in [6, 6.07) is 17.5. The van der Waals surface area contributed by atoms with Crippen LogP contribution < -0.4 is 4.74 Å². The molecule has 5 heteroatoms. The van der Waals surface area contributed by atoms with Crippen LogP contribution in [-0.2, 0) is 0 Å².